The number of nitrogens with zero attached hydrogens (tertiary/aromatic N) is 5. The summed E-state index contributed by atoms with van der Waals surface area (Å²) < 4.78 is 3.64. The highest BCUT2D eigenvalue weighted by molar-refractivity contribution is 7.17. The van der Waals surface area contributed by atoms with Crippen LogP contribution in [0.25, 0.3) is 11.4 Å². The quantitative estimate of drug-likeness (QED) is 0.443. The highest BCUT2D eigenvalue weighted by Crippen LogP contribution is 2.30. The molecular weight excluding hydrogens is 476 g/mol. The van der Waals surface area contributed by atoms with Gasteiger partial charge < -0.3 is 10.2 Å². The molecule has 0 unspecified atom stereocenters. The molecule has 5 rings (SSSR count). The van der Waals surface area contributed by atoms with E-state index in [0.717, 1.165) is 6.42 Å². The van der Waals surface area contributed by atoms with Crippen LogP contribution in [0.4, 0.5) is 5.69 Å². The number of carbonyl (C=O) groups excluding carboxylic acids is 2. The molecule has 0 aliphatic carbocycles. The van der Waals surface area contributed by atoms with E-state index < -0.39 is 0 Å². The van der Waals surface area contributed by atoms with Crippen LogP contribution in [0.15, 0.2) is 65.7 Å². The second-order valence-electron chi connectivity index (χ2n) is 7.67. The summed E-state index contributed by atoms with van der Waals surface area (Å²) in [6.45, 7) is 0.768. The molecule has 4 heterocycles. The number of anilines is 1. The van der Waals surface area contributed by atoms with Crippen molar-refractivity contribution in [1.82, 2.24) is 24.9 Å². The molecule has 2 amide bonds. The van der Waals surface area contributed by atoms with E-state index in [0.29, 0.717) is 44.9 Å². The van der Waals surface area contributed by atoms with Crippen molar-refractivity contribution in [3.05, 3.63) is 86.2 Å². The molecule has 1 aromatic carbocycles. The maximum atomic E-state index is 12.5. The average Bonchev–Trinajstić information content (AvgIpc) is 3.59. The van der Waals surface area contributed by atoms with Crippen LogP contribution in [0.3, 0.4) is 0 Å². The number of halogens is 1. The molecule has 0 bridgehead atoms. The zero-order valence-corrected chi connectivity index (χ0v) is 19.4. The van der Waals surface area contributed by atoms with Crippen molar-refractivity contribution in [1.29, 1.82) is 0 Å². The van der Waals surface area contributed by atoms with E-state index in [2.05, 4.69) is 15.6 Å². The first-order valence-electron chi connectivity index (χ1n) is 10.6. The van der Waals surface area contributed by atoms with Crippen molar-refractivity contribution in [3.63, 3.8) is 0 Å². The van der Waals surface area contributed by atoms with Crippen molar-refractivity contribution in [2.75, 3.05) is 11.4 Å². The Morgan fingerprint density at radius 3 is 2.74 bits per heavy atom. The molecule has 1 aliphatic heterocycles. The van der Waals surface area contributed by atoms with Crippen molar-refractivity contribution in [2.24, 2.45) is 0 Å². The normalized spacial score (nSPS) is 13.4. The number of pyridine rings is 1. The fraction of sp³-hybridized carbons (Fsp3) is 0.174. The first-order valence-corrected chi connectivity index (χ1v) is 11.8. The molecule has 4 aromatic rings. The molecule has 11 heteroatoms. The van der Waals surface area contributed by atoms with E-state index in [9.17, 15) is 14.4 Å². The smallest absolute Gasteiger partial charge is 0.261 e. The van der Waals surface area contributed by atoms with Crippen LogP contribution >= 0.6 is 22.9 Å². The predicted molar refractivity (Wildman–Crippen MR) is 129 cm³/mol. The molecule has 9 nitrogen and oxygen atoms in total. The summed E-state index contributed by atoms with van der Waals surface area (Å²) in [6, 6.07) is 13.7. The predicted octanol–water partition coefficient (Wildman–Crippen LogP) is 3.19. The molecule has 34 heavy (non-hydrogen) atoms. The van der Waals surface area contributed by atoms with Crippen LogP contribution in [0, 0.1) is 0 Å². The molecule has 1 aliphatic rings. The lowest BCUT2D eigenvalue weighted by molar-refractivity contribution is -0.117. The Hall–Kier alpha value is -3.76. The SMILES string of the molecule is O=C(NCc1cn(-c2ccc(-n3ccccc3=O)cc2N2CCCC2=O)nn1)c1ccc(Cl)s1. The van der Waals surface area contributed by atoms with Gasteiger partial charge in [-0.25, -0.2) is 4.68 Å². The van der Waals surface area contributed by atoms with E-state index in [1.807, 2.05) is 6.07 Å². The lowest BCUT2D eigenvalue weighted by Gasteiger charge is -2.21. The number of aromatic nitrogens is 4. The van der Waals surface area contributed by atoms with Crippen LogP contribution in [-0.4, -0.2) is 37.9 Å². The highest BCUT2D eigenvalue weighted by atomic mass is 35.5. The summed E-state index contributed by atoms with van der Waals surface area (Å²) in [4.78, 5) is 39.4. The van der Waals surface area contributed by atoms with Gasteiger partial charge in [0.15, 0.2) is 0 Å². The number of hydrogen-bond donors (Lipinski definition) is 1. The summed E-state index contributed by atoms with van der Waals surface area (Å²) in [5, 5.41) is 11.2. The largest absolute Gasteiger partial charge is 0.346 e. The number of nitrogens with one attached hydrogen (secondary N) is 1. The number of benzene rings is 1. The lowest BCUT2D eigenvalue weighted by atomic mass is 10.2. The number of amides is 2. The first-order chi connectivity index (χ1) is 16.5. The minimum absolute atomic E-state index is 0.0148. The van der Waals surface area contributed by atoms with Crippen molar-refractivity contribution >= 4 is 40.4 Å². The van der Waals surface area contributed by atoms with Gasteiger partial charge in [0.1, 0.15) is 5.69 Å². The van der Waals surface area contributed by atoms with E-state index in [-0.39, 0.29) is 23.9 Å². The number of thiophene rings is 1. The number of hydrogen-bond acceptors (Lipinski definition) is 6. The summed E-state index contributed by atoms with van der Waals surface area (Å²) >= 11 is 7.10. The molecule has 1 saturated heterocycles. The Balaban J connectivity index is 1.44. The van der Waals surface area contributed by atoms with Crippen LogP contribution in [0.1, 0.15) is 28.2 Å². The number of rotatable bonds is 6. The zero-order valence-electron chi connectivity index (χ0n) is 17.8. The van der Waals surface area contributed by atoms with Gasteiger partial charge in [-0.2, -0.15) is 0 Å². The van der Waals surface area contributed by atoms with Crippen molar-refractivity contribution in [2.45, 2.75) is 19.4 Å². The fourth-order valence-electron chi connectivity index (χ4n) is 3.81. The molecule has 0 saturated carbocycles. The molecule has 1 N–H and O–H groups in total. The topological polar surface area (TPSA) is 102 Å². The zero-order chi connectivity index (χ0) is 23.7. The van der Waals surface area contributed by atoms with Gasteiger partial charge in [0, 0.05) is 25.2 Å². The molecule has 3 aromatic heterocycles. The van der Waals surface area contributed by atoms with E-state index in [4.69, 9.17) is 11.6 Å². The Morgan fingerprint density at radius 1 is 1.12 bits per heavy atom. The third kappa shape index (κ3) is 4.37. The second-order valence-corrected chi connectivity index (χ2v) is 9.39. The van der Waals surface area contributed by atoms with E-state index in [1.165, 1.54) is 22.0 Å². The van der Waals surface area contributed by atoms with Gasteiger partial charge in [-0.05, 0) is 42.8 Å². The van der Waals surface area contributed by atoms with Gasteiger partial charge >= 0.3 is 0 Å². The Labute approximate surface area is 203 Å². The first kappa shape index (κ1) is 22.1. The maximum absolute atomic E-state index is 12.5. The van der Waals surface area contributed by atoms with Gasteiger partial charge in [0.05, 0.1) is 39.0 Å². The second kappa shape index (κ2) is 9.24. The van der Waals surface area contributed by atoms with Crippen molar-refractivity contribution in [3.8, 4) is 11.4 Å². The van der Waals surface area contributed by atoms with Crippen LogP contribution < -0.4 is 15.8 Å². The van der Waals surface area contributed by atoms with Crippen molar-refractivity contribution < 1.29 is 9.59 Å². The third-order valence-corrected chi connectivity index (χ3v) is 6.67. The van der Waals surface area contributed by atoms with Gasteiger partial charge in [-0.3, -0.25) is 19.0 Å². The average molecular weight is 495 g/mol. The Morgan fingerprint density at radius 2 is 2.00 bits per heavy atom. The maximum Gasteiger partial charge on any atom is 0.261 e. The molecular formula is C23H19ClN6O3S. The standard InChI is InChI=1S/C23H19ClN6O3S/c24-20-9-8-19(34-20)23(33)25-13-15-14-30(27-26-15)17-7-6-16(28-10-2-1-4-21(28)31)12-18(17)29-11-3-5-22(29)32/h1-2,4,6-10,12,14H,3,5,11,13H2,(H,25,33). The minimum Gasteiger partial charge on any atom is -0.346 e. The highest BCUT2D eigenvalue weighted by Gasteiger charge is 2.25. The van der Waals surface area contributed by atoms with E-state index >= 15 is 0 Å². The molecule has 0 spiro atoms. The molecule has 1 fully saturated rings. The van der Waals surface area contributed by atoms with Crippen LogP contribution in [0.2, 0.25) is 4.34 Å². The van der Waals surface area contributed by atoms with Crippen LogP contribution in [0.5, 0.6) is 0 Å². The number of carbonyl (C=O) groups is 2. The fourth-order valence-corrected chi connectivity index (χ4v) is 4.77. The third-order valence-electron chi connectivity index (χ3n) is 5.44. The summed E-state index contributed by atoms with van der Waals surface area (Å²) in [5.41, 5.74) is 2.33. The minimum atomic E-state index is -0.243. The summed E-state index contributed by atoms with van der Waals surface area (Å²) in [7, 11) is 0. The van der Waals surface area contributed by atoms with Crippen LogP contribution in [-0.2, 0) is 11.3 Å². The Kier molecular flexibility index (Phi) is 5.99. The van der Waals surface area contributed by atoms with E-state index in [1.54, 1.807) is 58.4 Å². The van der Waals surface area contributed by atoms with Gasteiger partial charge in [-0.1, -0.05) is 22.9 Å². The monoisotopic (exact) mass is 494 g/mol. The molecule has 0 atom stereocenters. The Bertz CT molecular complexity index is 1440. The van der Waals surface area contributed by atoms with Gasteiger partial charge in [0.25, 0.3) is 11.5 Å². The lowest BCUT2D eigenvalue weighted by Crippen LogP contribution is -2.26. The molecule has 0 radical (unpaired) electrons. The van der Waals surface area contributed by atoms with Gasteiger partial charge in [0.2, 0.25) is 5.91 Å². The molecule has 172 valence electrons. The van der Waals surface area contributed by atoms with Gasteiger partial charge in [-0.15, -0.1) is 16.4 Å². The summed E-state index contributed by atoms with van der Waals surface area (Å²) in [6.07, 6.45) is 4.62. The summed E-state index contributed by atoms with van der Waals surface area (Å²) in [5.74, 6) is -0.228.